The number of nitrogens with one attached hydrogen (secondary N) is 1. The van der Waals surface area contributed by atoms with Gasteiger partial charge in [-0.3, -0.25) is 0 Å². The number of hydrogen-bond acceptors (Lipinski definition) is 3. The second kappa shape index (κ2) is 6.27. The van der Waals surface area contributed by atoms with Gasteiger partial charge in [0.1, 0.15) is 5.75 Å². The molecular formula is C18H24N2O. The van der Waals surface area contributed by atoms with Crippen LogP contribution in [0.3, 0.4) is 0 Å². The number of benzene rings is 1. The Bertz CT molecular complexity index is 585. The van der Waals surface area contributed by atoms with E-state index in [-0.39, 0.29) is 11.5 Å². The summed E-state index contributed by atoms with van der Waals surface area (Å²) in [5, 5.41) is 3.20. The molecule has 0 saturated heterocycles. The Balaban J connectivity index is 2.23. The van der Waals surface area contributed by atoms with E-state index in [1.807, 2.05) is 43.6 Å². The van der Waals surface area contributed by atoms with Crippen LogP contribution >= 0.6 is 0 Å². The molecule has 0 saturated carbocycles. The van der Waals surface area contributed by atoms with Gasteiger partial charge in [-0.2, -0.15) is 0 Å². The average Bonchev–Trinajstić information content (AvgIpc) is 2.47. The van der Waals surface area contributed by atoms with E-state index in [0.29, 0.717) is 5.88 Å². The molecule has 1 heterocycles. The summed E-state index contributed by atoms with van der Waals surface area (Å²) in [6.07, 6.45) is 1.86. The molecule has 1 N–H and O–H groups in total. The molecule has 1 unspecified atom stereocenters. The lowest BCUT2D eigenvalue weighted by Gasteiger charge is -2.22. The molecule has 21 heavy (non-hydrogen) atoms. The van der Waals surface area contributed by atoms with E-state index in [1.165, 1.54) is 5.56 Å². The monoisotopic (exact) mass is 284 g/mol. The lowest BCUT2D eigenvalue weighted by atomic mass is 9.86. The minimum Gasteiger partial charge on any atom is -0.439 e. The normalized spacial score (nSPS) is 13.0. The molecule has 0 radical (unpaired) electrons. The first-order valence-corrected chi connectivity index (χ1v) is 7.32. The van der Waals surface area contributed by atoms with Gasteiger partial charge in [0.2, 0.25) is 5.88 Å². The minimum absolute atomic E-state index is 0.0389. The molecule has 0 bridgehead atoms. The van der Waals surface area contributed by atoms with E-state index in [9.17, 15) is 0 Å². The highest BCUT2D eigenvalue weighted by Crippen LogP contribution is 2.33. The lowest BCUT2D eigenvalue weighted by molar-refractivity contribution is 0.439. The highest BCUT2D eigenvalue weighted by atomic mass is 16.5. The average molecular weight is 284 g/mol. The number of pyridine rings is 1. The van der Waals surface area contributed by atoms with E-state index in [0.717, 1.165) is 11.3 Å². The third-order valence-electron chi connectivity index (χ3n) is 3.60. The molecule has 1 aromatic carbocycles. The maximum Gasteiger partial charge on any atom is 0.219 e. The van der Waals surface area contributed by atoms with E-state index in [1.54, 1.807) is 0 Å². The molecule has 2 rings (SSSR count). The molecule has 0 aliphatic heterocycles. The first kappa shape index (κ1) is 15.5. The van der Waals surface area contributed by atoms with Gasteiger partial charge < -0.3 is 10.1 Å². The number of para-hydroxylation sites is 1. The van der Waals surface area contributed by atoms with Crippen molar-refractivity contribution < 1.29 is 4.74 Å². The molecule has 3 nitrogen and oxygen atoms in total. The molecule has 0 fully saturated rings. The van der Waals surface area contributed by atoms with Crippen molar-refractivity contribution in [3.05, 3.63) is 53.7 Å². The van der Waals surface area contributed by atoms with Gasteiger partial charge in [0.15, 0.2) is 0 Å². The Kier molecular flexibility index (Phi) is 4.63. The summed E-state index contributed by atoms with van der Waals surface area (Å²) in [6.45, 7) is 8.65. The number of nitrogens with zero attached hydrogens (tertiary/aromatic N) is 1. The Hall–Kier alpha value is -1.87. The van der Waals surface area contributed by atoms with Crippen LogP contribution in [0.1, 0.15) is 44.9 Å². The zero-order valence-corrected chi connectivity index (χ0v) is 13.5. The molecule has 1 atom stereocenters. The van der Waals surface area contributed by atoms with Crippen LogP contribution < -0.4 is 10.1 Å². The first-order valence-electron chi connectivity index (χ1n) is 7.32. The SMILES string of the molecule is CNC(C)c1ccc(Oc2ccccc2C(C)(C)C)nc1. The quantitative estimate of drug-likeness (QED) is 0.900. The Morgan fingerprint density at radius 3 is 2.38 bits per heavy atom. The highest BCUT2D eigenvalue weighted by molar-refractivity contribution is 5.40. The summed E-state index contributed by atoms with van der Waals surface area (Å²) in [7, 11) is 1.94. The minimum atomic E-state index is 0.0389. The van der Waals surface area contributed by atoms with Crippen LogP contribution in [0.2, 0.25) is 0 Å². The molecule has 0 aliphatic rings. The number of rotatable bonds is 4. The van der Waals surface area contributed by atoms with Gasteiger partial charge >= 0.3 is 0 Å². The lowest BCUT2D eigenvalue weighted by Crippen LogP contribution is -2.13. The fraction of sp³-hybridized carbons (Fsp3) is 0.389. The van der Waals surface area contributed by atoms with Gasteiger partial charge in [-0.15, -0.1) is 0 Å². The summed E-state index contributed by atoms with van der Waals surface area (Å²) < 4.78 is 5.97. The maximum atomic E-state index is 5.97. The molecule has 3 heteroatoms. The van der Waals surface area contributed by atoms with Gasteiger partial charge in [0, 0.05) is 23.9 Å². The second-order valence-electron chi connectivity index (χ2n) is 6.29. The van der Waals surface area contributed by atoms with Crippen LogP contribution in [0, 0.1) is 0 Å². The molecule has 0 spiro atoms. The summed E-state index contributed by atoms with van der Waals surface area (Å²) in [5.41, 5.74) is 2.37. The van der Waals surface area contributed by atoms with Crippen molar-refractivity contribution in [3.63, 3.8) is 0 Å². The zero-order valence-electron chi connectivity index (χ0n) is 13.5. The second-order valence-corrected chi connectivity index (χ2v) is 6.29. The van der Waals surface area contributed by atoms with Gasteiger partial charge in [-0.1, -0.05) is 45.0 Å². The van der Waals surface area contributed by atoms with Crippen LogP contribution in [0.25, 0.3) is 0 Å². The predicted molar refractivity (Wildman–Crippen MR) is 86.9 cm³/mol. The maximum absolute atomic E-state index is 5.97. The van der Waals surface area contributed by atoms with Crippen molar-refractivity contribution in [1.82, 2.24) is 10.3 Å². The standard InChI is InChI=1S/C18H24N2O/c1-13(19-5)14-10-11-17(20-12-14)21-16-9-7-6-8-15(16)18(2,3)4/h6-13,19H,1-5H3. The zero-order chi connectivity index (χ0) is 15.5. The Morgan fingerprint density at radius 2 is 1.81 bits per heavy atom. The number of aromatic nitrogens is 1. The van der Waals surface area contributed by atoms with Crippen molar-refractivity contribution in [2.24, 2.45) is 0 Å². The fourth-order valence-corrected chi connectivity index (χ4v) is 2.16. The van der Waals surface area contributed by atoms with Crippen molar-refractivity contribution in [2.75, 3.05) is 7.05 Å². The van der Waals surface area contributed by atoms with E-state index in [4.69, 9.17) is 4.74 Å². The van der Waals surface area contributed by atoms with Crippen molar-refractivity contribution in [2.45, 2.75) is 39.2 Å². The van der Waals surface area contributed by atoms with Gasteiger partial charge in [-0.05, 0) is 31.0 Å². The van der Waals surface area contributed by atoms with Gasteiger partial charge in [-0.25, -0.2) is 4.98 Å². The largest absolute Gasteiger partial charge is 0.439 e. The van der Waals surface area contributed by atoms with Gasteiger partial charge in [0.25, 0.3) is 0 Å². The molecule has 0 aliphatic carbocycles. The van der Waals surface area contributed by atoms with Gasteiger partial charge in [0.05, 0.1) is 0 Å². The topological polar surface area (TPSA) is 34.1 Å². The Labute approximate surface area is 127 Å². The van der Waals surface area contributed by atoms with Crippen LogP contribution in [-0.4, -0.2) is 12.0 Å². The molecule has 112 valence electrons. The summed E-state index contributed by atoms with van der Waals surface area (Å²) in [5.74, 6) is 1.49. The third-order valence-corrected chi connectivity index (χ3v) is 3.60. The highest BCUT2D eigenvalue weighted by Gasteiger charge is 2.19. The Morgan fingerprint density at radius 1 is 1.10 bits per heavy atom. The van der Waals surface area contributed by atoms with Crippen LogP contribution in [0.4, 0.5) is 0 Å². The third kappa shape index (κ3) is 3.82. The summed E-state index contributed by atoms with van der Waals surface area (Å²) in [4.78, 5) is 4.40. The predicted octanol–water partition coefficient (Wildman–Crippen LogP) is 4.45. The fourth-order valence-electron chi connectivity index (χ4n) is 2.16. The van der Waals surface area contributed by atoms with Crippen LogP contribution in [0.15, 0.2) is 42.6 Å². The molecule has 2 aromatic rings. The van der Waals surface area contributed by atoms with E-state index < -0.39 is 0 Å². The molecule has 0 amide bonds. The summed E-state index contributed by atoms with van der Waals surface area (Å²) >= 11 is 0. The first-order chi connectivity index (χ1) is 9.91. The van der Waals surface area contributed by atoms with Crippen molar-refractivity contribution in [3.8, 4) is 11.6 Å². The summed E-state index contributed by atoms with van der Waals surface area (Å²) in [6, 6.07) is 12.4. The molecule has 1 aromatic heterocycles. The molecular weight excluding hydrogens is 260 g/mol. The number of hydrogen-bond donors (Lipinski definition) is 1. The van der Waals surface area contributed by atoms with Crippen LogP contribution in [0.5, 0.6) is 11.6 Å². The van der Waals surface area contributed by atoms with E-state index in [2.05, 4.69) is 44.1 Å². The van der Waals surface area contributed by atoms with Crippen LogP contribution in [-0.2, 0) is 5.41 Å². The smallest absolute Gasteiger partial charge is 0.219 e. The van der Waals surface area contributed by atoms with Crippen molar-refractivity contribution in [1.29, 1.82) is 0 Å². The van der Waals surface area contributed by atoms with E-state index >= 15 is 0 Å². The van der Waals surface area contributed by atoms with Crippen molar-refractivity contribution >= 4 is 0 Å². The number of ether oxygens (including phenoxy) is 1.